The molecule has 1 aromatic heterocycles. The number of anilines is 2. The quantitative estimate of drug-likeness (QED) is 0.670. The maximum Gasteiger partial charge on any atom is 0.278 e. The third-order valence-corrected chi connectivity index (χ3v) is 4.00. The molecule has 0 aliphatic rings. The summed E-state index contributed by atoms with van der Waals surface area (Å²) in [4.78, 5) is 10.5. The van der Waals surface area contributed by atoms with Gasteiger partial charge in [0.15, 0.2) is 0 Å². The van der Waals surface area contributed by atoms with Gasteiger partial charge in [0.2, 0.25) is 5.95 Å². The van der Waals surface area contributed by atoms with Crippen LogP contribution in [0.3, 0.4) is 0 Å². The van der Waals surface area contributed by atoms with Gasteiger partial charge in [0.25, 0.3) is 10.2 Å². The van der Waals surface area contributed by atoms with Crippen LogP contribution in [0.25, 0.3) is 0 Å². The molecule has 1 heterocycles. The topological polar surface area (TPSA) is 90.5 Å². The van der Waals surface area contributed by atoms with Gasteiger partial charge in [0.05, 0.1) is 0 Å². The van der Waals surface area contributed by atoms with Crippen LogP contribution in [0, 0.1) is 6.92 Å². The lowest BCUT2D eigenvalue weighted by molar-refractivity contribution is 0.507. The predicted molar refractivity (Wildman–Crippen MR) is 80.2 cm³/mol. The van der Waals surface area contributed by atoms with Crippen LogP contribution >= 0.6 is 0 Å². The zero-order chi connectivity index (χ0) is 15.3. The number of aryl methyl sites for hydroxylation is 1. The molecule has 8 nitrogen and oxygen atoms in total. The second kappa shape index (κ2) is 6.82. The molecule has 0 saturated heterocycles. The molecule has 0 atom stereocenters. The fourth-order valence-electron chi connectivity index (χ4n) is 1.34. The minimum absolute atomic E-state index is 0.259. The van der Waals surface area contributed by atoms with Crippen molar-refractivity contribution < 1.29 is 8.42 Å². The summed E-state index contributed by atoms with van der Waals surface area (Å²) in [5.41, 5.74) is 0.847. The van der Waals surface area contributed by atoms with E-state index in [2.05, 4.69) is 20.0 Å². The Morgan fingerprint density at radius 2 is 1.80 bits per heavy atom. The van der Waals surface area contributed by atoms with Crippen LogP contribution in [0.5, 0.6) is 0 Å². The van der Waals surface area contributed by atoms with Crippen LogP contribution in [-0.4, -0.2) is 64.0 Å². The maximum absolute atomic E-state index is 11.5. The molecule has 114 valence electrons. The molecule has 0 aromatic carbocycles. The van der Waals surface area contributed by atoms with Crippen molar-refractivity contribution >= 4 is 22.0 Å². The van der Waals surface area contributed by atoms with Gasteiger partial charge in [-0.2, -0.15) is 17.7 Å². The molecule has 0 saturated carbocycles. The van der Waals surface area contributed by atoms with Crippen LogP contribution < -0.4 is 14.9 Å². The SMILES string of the molecule is Cc1cc(N(C)C)nc(NCCNS(=O)(=O)N(C)C)n1. The number of aromatic nitrogens is 2. The lowest BCUT2D eigenvalue weighted by Gasteiger charge is -2.14. The second-order valence-electron chi connectivity index (χ2n) is 4.69. The van der Waals surface area contributed by atoms with Gasteiger partial charge in [-0.15, -0.1) is 0 Å². The molecule has 0 fully saturated rings. The third kappa shape index (κ3) is 4.91. The zero-order valence-corrected chi connectivity index (χ0v) is 13.3. The Hall–Kier alpha value is -1.45. The van der Waals surface area contributed by atoms with E-state index >= 15 is 0 Å². The normalized spacial score (nSPS) is 11.7. The summed E-state index contributed by atoms with van der Waals surface area (Å²) in [5.74, 6) is 1.28. The first kappa shape index (κ1) is 16.6. The van der Waals surface area contributed by atoms with E-state index in [0.717, 1.165) is 15.8 Å². The Morgan fingerprint density at radius 3 is 2.35 bits per heavy atom. The predicted octanol–water partition coefficient (Wildman–Crippen LogP) is -0.341. The highest BCUT2D eigenvalue weighted by molar-refractivity contribution is 7.87. The molecular formula is C11H22N6O2S. The van der Waals surface area contributed by atoms with Gasteiger partial charge in [0, 0.05) is 53.0 Å². The van der Waals surface area contributed by atoms with Gasteiger partial charge in [-0.3, -0.25) is 0 Å². The lowest BCUT2D eigenvalue weighted by Crippen LogP contribution is -2.38. The highest BCUT2D eigenvalue weighted by Gasteiger charge is 2.11. The van der Waals surface area contributed by atoms with E-state index in [-0.39, 0.29) is 6.54 Å². The standard InChI is InChI=1S/C11H22N6O2S/c1-9-8-10(16(2)3)15-11(14-9)12-6-7-13-20(18,19)17(4)5/h8,13H,6-7H2,1-5H3,(H,12,14,15). The summed E-state index contributed by atoms with van der Waals surface area (Å²) in [6.45, 7) is 2.55. The molecule has 0 amide bonds. The number of hydrogen-bond acceptors (Lipinski definition) is 6. The number of nitrogens with zero attached hydrogens (tertiary/aromatic N) is 4. The third-order valence-electron chi connectivity index (χ3n) is 2.47. The van der Waals surface area contributed by atoms with E-state index in [1.54, 1.807) is 0 Å². The summed E-state index contributed by atoms with van der Waals surface area (Å²) in [6.07, 6.45) is 0. The molecule has 9 heteroatoms. The highest BCUT2D eigenvalue weighted by Crippen LogP contribution is 2.11. The van der Waals surface area contributed by atoms with Crippen molar-refractivity contribution in [1.82, 2.24) is 19.0 Å². The number of nitrogens with one attached hydrogen (secondary N) is 2. The molecule has 0 bridgehead atoms. The van der Waals surface area contributed by atoms with Crippen molar-refractivity contribution in [2.45, 2.75) is 6.92 Å². The zero-order valence-electron chi connectivity index (χ0n) is 12.5. The first-order valence-corrected chi connectivity index (χ1v) is 7.60. The second-order valence-corrected chi connectivity index (χ2v) is 6.66. The summed E-state index contributed by atoms with van der Waals surface area (Å²) in [6, 6.07) is 1.87. The molecule has 0 radical (unpaired) electrons. The molecule has 20 heavy (non-hydrogen) atoms. The van der Waals surface area contributed by atoms with Gasteiger partial charge < -0.3 is 10.2 Å². The summed E-state index contributed by atoms with van der Waals surface area (Å²) >= 11 is 0. The van der Waals surface area contributed by atoms with Crippen LogP contribution in [0.2, 0.25) is 0 Å². The highest BCUT2D eigenvalue weighted by atomic mass is 32.2. The van der Waals surface area contributed by atoms with E-state index in [0.29, 0.717) is 12.5 Å². The van der Waals surface area contributed by atoms with Crippen molar-refractivity contribution in [3.05, 3.63) is 11.8 Å². The largest absolute Gasteiger partial charge is 0.363 e. The average Bonchev–Trinajstić information content (AvgIpc) is 2.33. The van der Waals surface area contributed by atoms with Crippen LogP contribution in [0.1, 0.15) is 5.69 Å². The fraction of sp³-hybridized carbons (Fsp3) is 0.636. The smallest absolute Gasteiger partial charge is 0.278 e. The van der Waals surface area contributed by atoms with Crippen LogP contribution in [0.4, 0.5) is 11.8 Å². The monoisotopic (exact) mass is 302 g/mol. The number of rotatable bonds is 7. The van der Waals surface area contributed by atoms with Gasteiger partial charge in [-0.1, -0.05) is 0 Å². The van der Waals surface area contributed by atoms with E-state index < -0.39 is 10.2 Å². The Labute approximate surface area is 120 Å². The van der Waals surface area contributed by atoms with Gasteiger partial charge in [0.1, 0.15) is 5.82 Å². The van der Waals surface area contributed by atoms with E-state index in [9.17, 15) is 8.42 Å². The Balaban J connectivity index is 2.55. The van der Waals surface area contributed by atoms with E-state index in [1.165, 1.54) is 14.1 Å². The van der Waals surface area contributed by atoms with Gasteiger partial charge in [-0.05, 0) is 6.92 Å². The molecule has 1 rings (SSSR count). The molecule has 1 aromatic rings. The maximum atomic E-state index is 11.5. The molecule has 0 unspecified atom stereocenters. The van der Waals surface area contributed by atoms with Crippen molar-refractivity contribution in [3.63, 3.8) is 0 Å². The van der Waals surface area contributed by atoms with E-state index in [4.69, 9.17) is 0 Å². The van der Waals surface area contributed by atoms with Crippen LogP contribution in [-0.2, 0) is 10.2 Å². The average molecular weight is 302 g/mol. The molecule has 0 spiro atoms. The molecular weight excluding hydrogens is 280 g/mol. The Kier molecular flexibility index (Phi) is 5.66. The first-order valence-electron chi connectivity index (χ1n) is 6.16. The Bertz CT molecular complexity index is 544. The van der Waals surface area contributed by atoms with Gasteiger partial charge >= 0.3 is 0 Å². The van der Waals surface area contributed by atoms with Crippen molar-refractivity contribution in [2.75, 3.05) is 51.5 Å². The van der Waals surface area contributed by atoms with Crippen LogP contribution in [0.15, 0.2) is 6.07 Å². The van der Waals surface area contributed by atoms with E-state index in [1.807, 2.05) is 32.0 Å². The van der Waals surface area contributed by atoms with Crippen molar-refractivity contribution in [3.8, 4) is 0 Å². The minimum atomic E-state index is -3.39. The summed E-state index contributed by atoms with van der Waals surface area (Å²) in [5, 5.41) is 3.00. The molecule has 0 aliphatic heterocycles. The Morgan fingerprint density at radius 1 is 1.15 bits per heavy atom. The first-order chi connectivity index (χ1) is 9.22. The van der Waals surface area contributed by atoms with Crippen molar-refractivity contribution in [2.24, 2.45) is 0 Å². The lowest BCUT2D eigenvalue weighted by atomic mass is 10.4. The fourth-order valence-corrected chi connectivity index (χ4v) is 1.96. The molecule has 2 N–H and O–H groups in total. The molecule has 0 aliphatic carbocycles. The summed E-state index contributed by atoms with van der Waals surface area (Å²) < 4.78 is 26.6. The van der Waals surface area contributed by atoms with Gasteiger partial charge in [-0.25, -0.2) is 9.71 Å². The van der Waals surface area contributed by atoms with Crippen molar-refractivity contribution in [1.29, 1.82) is 0 Å². The number of hydrogen-bond donors (Lipinski definition) is 2. The minimum Gasteiger partial charge on any atom is -0.363 e. The summed E-state index contributed by atoms with van der Waals surface area (Å²) in [7, 11) is 3.36.